The number of hydrogen-bond acceptors (Lipinski definition) is 6. The number of rotatable bonds is 9. The molecule has 1 unspecified atom stereocenters. The quantitative estimate of drug-likeness (QED) is 0.362. The fraction of sp³-hybridized carbons (Fsp3) is 0.276. The third-order valence-electron chi connectivity index (χ3n) is 5.92. The van der Waals surface area contributed by atoms with E-state index in [0.29, 0.717) is 30.1 Å². The summed E-state index contributed by atoms with van der Waals surface area (Å²) in [7, 11) is 7.90. The first-order chi connectivity index (χ1) is 17.3. The van der Waals surface area contributed by atoms with Crippen LogP contribution in [0.2, 0.25) is 0 Å². The van der Waals surface area contributed by atoms with Gasteiger partial charge < -0.3 is 19.9 Å². The van der Waals surface area contributed by atoms with Crippen LogP contribution in [0.15, 0.2) is 77.8 Å². The van der Waals surface area contributed by atoms with Crippen LogP contribution in [0.25, 0.3) is 0 Å². The molecule has 0 aliphatic carbocycles. The third kappa shape index (κ3) is 6.05. The number of carbonyl (C=O) groups excluding carboxylic acids is 2. The zero-order valence-electron chi connectivity index (χ0n) is 21.2. The van der Waals surface area contributed by atoms with Crippen LogP contribution in [-0.4, -0.2) is 68.7 Å². The maximum Gasteiger partial charge on any atom is 0.338 e. The van der Waals surface area contributed by atoms with Gasteiger partial charge >= 0.3 is 5.97 Å². The van der Waals surface area contributed by atoms with Crippen molar-refractivity contribution in [2.24, 2.45) is 4.99 Å². The number of hydrogen-bond donors (Lipinski definition) is 1. The van der Waals surface area contributed by atoms with E-state index >= 15 is 0 Å². The number of nitrogens with one attached hydrogen (secondary N) is 1. The lowest BCUT2D eigenvalue weighted by atomic mass is 9.90. The van der Waals surface area contributed by atoms with E-state index in [0.717, 1.165) is 23.4 Å². The van der Waals surface area contributed by atoms with E-state index in [1.54, 1.807) is 12.1 Å². The van der Waals surface area contributed by atoms with E-state index in [1.807, 2.05) is 81.6 Å². The van der Waals surface area contributed by atoms with E-state index in [4.69, 9.17) is 9.73 Å². The van der Waals surface area contributed by atoms with Gasteiger partial charge in [0.05, 0.1) is 17.0 Å². The maximum absolute atomic E-state index is 13.2. The number of nitrogens with zero attached hydrogens (tertiary/aromatic N) is 3. The first-order valence-electron chi connectivity index (χ1n) is 12.0. The van der Waals surface area contributed by atoms with Gasteiger partial charge in [-0.05, 0) is 69.1 Å². The summed E-state index contributed by atoms with van der Waals surface area (Å²) in [5, 5.41) is 2.94. The molecule has 7 heteroatoms. The number of esters is 1. The van der Waals surface area contributed by atoms with Crippen LogP contribution in [0.1, 0.15) is 33.0 Å². The van der Waals surface area contributed by atoms with Gasteiger partial charge in [0.15, 0.2) is 0 Å². The summed E-state index contributed by atoms with van der Waals surface area (Å²) < 4.78 is 5.36. The molecule has 0 spiro atoms. The molecule has 186 valence electrons. The molecule has 0 radical (unpaired) electrons. The Morgan fingerprint density at radius 2 is 1.64 bits per heavy atom. The van der Waals surface area contributed by atoms with Gasteiger partial charge in [-0.25, -0.2) is 4.79 Å². The number of likely N-dealkylation sites (N-methyl/N-ethyl adjacent to an activating group) is 1. The largest absolute Gasteiger partial charge is 0.461 e. The average Bonchev–Trinajstić information content (AvgIpc) is 3.18. The van der Waals surface area contributed by atoms with E-state index in [-0.39, 0.29) is 5.91 Å². The third-order valence-corrected chi connectivity index (χ3v) is 5.92. The highest BCUT2D eigenvalue weighted by atomic mass is 16.5. The maximum atomic E-state index is 13.2. The van der Waals surface area contributed by atoms with Gasteiger partial charge in [0.25, 0.3) is 0 Å². The van der Waals surface area contributed by atoms with E-state index in [9.17, 15) is 9.59 Å². The molecule has 1 N–H and O–H groups in total. The minimum absolute atomic E-state index is 0.171. The molecule has 1 heterocycles. The Hall–Kier alpha value is -3.81. The number of amides is 1. The molecule has 1 aliphatic heterocycles. The molecule has 0 saturated heterocycles. The summed E-state index contributed by atoms with van der Waals surface area (Å²) in [6.45, 7) is 1.78. The van der Waals surface area contributed by atoms with Gasteiger partial charge in [0.1, 0.15) is 12.5 Å². The van der Waals surface area contributed by atoms with Crippen molar-refractivity contribution in [3.63, 3.8) is 0 Å². The monoisotopic (exact) mass is 484 g/mol. The van der Waals surface area contributed by atoms with E-state index < -0.39 is 11.9 Å². The van der Waals surface area contributed by atoms with Crippen LogP contribution >= 0.6 is 0 Å². The Bertz CT molecular complexity index is 1250. The minimum atomic E-state index is -0.595. The minimum Gasteiger partial charge on any atom is -0.461 e. The second kappa shape index (κ2) is 11.3. The van der Waals surface area contributed by atoms with Crippen LogP contribution in [0.4, 0.5) is 11.4 Å². The van der Waals surface area contributed by atoms with Gasteiger partial charge in [0.2, 0.25) is 5.91 Å². The molecule has 7 nitrogen and oxygen atoms in total. The standard InChI is InChI=1S/C29H32N4O3/c1-32(2)16-17-36-29(35)22-12-15-24-25(18-22)31-28(34)26(24)27(21-8-6-5-7-9-21)30-23-13-10-20(11-14-23)19-33(3)4/h5-15,18,26H,16-17,19H2,1-4H3,(H,31,34). The number of anilines is 1. The highest BCUT2D eigenvalue weighted by molar-refractivity contribution is 6.24. The lowest BCUT2D eigenvalue weighted by Gasteiger charge is -2.15. The summed E-state index contributed by atoms with van der Waals surface area (Å²) >= 11 is 0. The number of aliphatic imine (C=N–C) groups is 1. The van der Waals surface area contributed by atoms with Crippen molar-refractivity contribution >= 4 is 29.0 Å². The van der Waals surface area contributed by atoms with Gasteiger partial charge in [-0.1, -0.05) is 48.5 Å². The molecule has 3 aromatic carbocycles. The summed E-state index contributed by atoms with van der Waals surface area (Å²) in [5.74, 6) is -1.18. The van der Waals surface area contributed by atoms with Crippen molar-refractivity contribution in [3.8, 4) is 0 Å². The van der Waals surface area contributed by atoms with E-state index in [1.165, 1.54) is 5.56 Å². The van der Waals surface area contributed by atoms with Gasteiger partial charge in [0, 0.05) is 18.8 Å². The lowest BCUT2D eigenvalue weighted by molar-refractivity contribution is -0.115. The molecule has 0 bridgehead atoms. The van der Waals surface area contributed by atoms with Crippen molar-refractivity contribution in [1.29, 1.82) is 0 Å². The first-order valence-corrected chi connectivity index (χ1v) is 12.0. The molecule has 0 aromatic heterocycles. The topological polar surface area (TPSA) is 74.2 Å². The fourth-order valence-corrected chi connectivity index (χ4v) is 4.15. The van der Waals surface area contributed by atoms with Gasteiger partial charge in [-0.3, -0.25) is 9.79 Å². The number of ether oxygens (including phenoxy) is 1. The zero-order chi connectivity index (χ0) is 25.7. The van der Waals surface area contributed by atoms with Crippen LogP contribution < -0.4 is 5.32 Å². The predicted octanol–water partition coefficient (Wildman–Crippen LogP) is 4.32. The van der Waals surface area contributed by atoms with Crippen molar-refractivity contribution in [1.82, 2.24) is 9.80 Å². The van der Waals surface area contributed by atoms with Crippen LogP contribution in [0, 0.1) is 0 Å². The number of fused-ring (bicyclic) bond motifs is 1. The molecule has 0 saturated carbocycles. The average molecular weight is 485 g/mol. The predicted molar refractivity (Wildman–Crippen MR) is 143 cm³/mol. The second-order valence-corrected chi connectivity index (χ2v) is 9.43. The van der Waals surface area contributed by atoms with E-state index in [2.05, 4.69) is 22.3 Å². The molecular weight excluding hydrogens is 452 g/mol. The SMILES string of the molecule is CN(C)CCOC(=O)c1ccc2c(c1)NC(=O)C2C(=Nc1ccc(CN(C)C)cc1)c1ccccc1. The molecule has 0 fully saturated rings. The van der Waals surface area contributed by atoms with Crippen molar-refractivity contribution in [3.05, 3.63) is 95.1 Å². The number of carbonyl (C=O) groups is 2. The number of benzene rings is 3. The lowest BCUT2D eigenvalue weighted by Crippen LogP contribution is -2.22. The van der Waals surface area contributed by atoms with Crippen molar-refractivity contribution in [2.45, 2.75) is 12.5 Å². The van der Waals surface area contributed by atoms with Crippen molar-refractivity contribution < 1.29 is 14.3 Å². The van der Waals surface area contributed by atoms with Crippen LogP contribution in [0.3, 0.4) is 0 Å². The highest BCUT2D eigenvalue weighted by Crippen LogP contribution is 2.37. The molecule has 36 heavy (non-hydrogen) atoms. The summed E-state index contributed by atoms with van der Waals surface area (Å²) in [6.07, 6.45) is 0. The Morgan fingerprint density at radius 3 is 2.31 bits per heavy atom. The molecular formula is C29H32N4O3. The highest BCUT2D eigenvalue weighted by Gasteiger charge is 2.36. The smallest absolute Gasteiger partial charge is 0.338 e. The van der Waals surface area contributed by atoms with Crippen LogP contribution in [0.5, 0.6) is 0 Å². The summed E-state index contributed by atoms with van der Waals surface area (Å²) in [5.41, 5.74) is 5.30. The molecule has 4 rings (SSSR count). The molecule has 1 aliphatic rings. The Kier molecular flexibility index (Phi) is 7.93. The van der Waals surface area contributed by atoms with Gasteiger partial charge in [-0.2, -0.15) is 0 Å². The van der Waals surface area contributed by atoms with Crippen LogP contribution in [-0.2, 0) is 16.1 Å². The Balaban J connectivity index is 1.66. The molecule has 1 atom stereocenters. The van der Waals surface area contributed by atoms with Crippen molar-refractivity contribution in [2.75, 3.05) is 46.7 Å². The first kappa shape index (κ1) is 25.3. The zero-order valence-corrected chi connectivity index (χ0v) is 21.2. The normalized spacial score (nSPS) is 15.2. The summed E-state index contributed by atoms with van der Waals surface area (Å²) in [6, 6.07) is 23.0. The Labute approximate surface area is 212 Å². The van der Waals surface area contributed by atoms with Gasteiger partial charge in [-0.15, -0.1) is 0 Å². The Morgan fingerprint density at radius 1 is 0.917 bits per heavy atom. The summed E-state index contributed by atoms with van der Waals surface area (Å²) in [4.78, 5) is 34.7. The molecule has 1 amide bonds. The fourth-order valence-electron chi connectivity index (χ4n) is 4.15. The molecule has 3 aromatic rings. The second-order valence-electron chi connectivity index (χ2n) is 9.43.